The monoisotopic (exact) mass is 1560 g/mol. The van der Waals surface area contributed by atoms with E-state index in [-0.39, 0.29) is 103 Å². The number of carboxylic acid groups (broad SMARTS) is 3. The Morgan fingerprint density at radius 3 is 2.12 bits per heavy atom. The maximum Gasteiger partial charge on any atom is 0.410 e. The Labute approximate surface area is 647 Å². The van der Waals surface area contributed by atoms with Gasteiger partial charge in [-0.15, -0.1) is 0 Å². The molecule has 6 heterocycles. The number of rotatable bonds is 33. The van der Waals surface area contributed by atoms with E-state index < -0.39 is 97.6 Å². The molecule has 112 heavy (non-hydrogen) atoms. The van der Waals surface area contributed by atoms with Crippen LogP contribution in [-0.2, 0) is 67.2 Å². The fourth-order valence-corrected chi connectivity index (χ4v) is 18.9. The second-order valence-corrected chi connectivity index (χ2v) is 32.2. The minimum atomic E-state index is -2.02. The fraction of sp³-hybridized carbons (Fsp3) is 0.487. The van der Waals surface area contributed by atoms with E-state index in [9.17, 15) is 84.3 Å². The summed E-state index contributed by atoms with van der Waals surface area (Å²) in [5, 5.41) is 107. The van der Waals surface area contributed by atoms with Gasteiger partial charge in [-0.25, -0.2) is 29.1 Å². The van der Waals surface area contributed by atoms with Crippen molar-refractivity contribution in [2.75, 3.05) is 44.7 Å². The normalized spacial score (nSPS) is 27.2. The summed E-state index contributed by atoms with van der Waals surface area (Å²) in [5.41, 5.74) is 3.15. The Morgan fingerprint density at radius 2 is 1.40 bits per heavy atom. The molecule has 3 aromatic heterocycles. The number of aliphatic hydroxyl groups excluding tert-OH is 6. The number of pyridine rings is 1. The van der Waals surface area contributed by atoms with Gasteiger partial charge in [0.2, 0.25) is 12.2 Å². The summed E-state index contributed by atoms with van der Waals surface area (Å²) in [6, 6.07) is 26.9. The zero-order valence-corrected chi connectivity index (χ0v) is 62.9. The molecule has 5 amide bonds. The Balaban J connectivity index is 0.690. The molecule has 4 aliphatic carbocycles. The molecule has 2 unspecified atom stereocenters. The van der Waals surface area contributed by atoms with Crippen LogP contribution < -0.4 is 15.4 Å². The van der Waals surface area contributed by atoms with Gasteiger partial charge in [-0.05, 0) is 159 Å². The van der Waals surface area contributed by atoms with Crippen molar-refractivity contribution >= 4 is 85.1 Å². The van der Waals surface area contributed by atoms with E-state index in [1.165, 1.54) is 28.4 Å². The van der Waals surface area contributed by atoms with Gasteiger partial charge in [0.1, 0.15) is 49.0 Å². The van der Waals surface area contributed by atoms with Gasteiger partial charge in [-0.2, -0.15) is 5.10 Å². The van der Waals surface area contributed by atoms with Crippen molar-refractivity contribution in [1.82, 2.24) is 34.9 Å². The second-order valence-electron chi connectivity index (χ2n) is 31.2. The zero-order valence-electron chi connectivity index (χ0n) is 62.1. The third-order valence-corrected chi connectivity index (χ3v) is 23.2. The Morgan fingerprint density at radius 1 is 0.688 bits per heavy atom. The van der Waals surface area contributed by atoms with Gasteiger partial charge < -0.3 is 84.6 Å². The summed E-state index contributed by atoms with van der Waals surface area (Å²) in [6.45, 7) is 6.68. The van der Waals surface area contributed by atoms with Crippen LogP contribution in [0.25, 0.3) is 43.4 Å². The Hall–Kier alpha value is -9.71. The number of thiazole rings is 1. The summed E-state index contributed by atoms with van der Waals surface area (Å²) in [5.74, 6) is -5.76. The van der Waals surface area contributed by atoms with Crippen LogP contribution in [0.5, 0.6) is 5.75 Å². The lowest BCUT2D eigenvalue weighted by molar-refractivity contribution is -0.294. The predicted molar refractivity (Wildman–Crippen MR) is 401 cm³/mol. The molecule has 31 nitrogen and oxygen atoms in total. The number of hydrogen-bond donors (Lipinski definition) is 11. The number of nitrogens with one attached hydrogen (secondary N) is 2. The van der Waals surface area contributed by atoms with E-state index in [1.807, 2.05) is 60.1 Å². The SMILES string of the molecule is Cc1c(-c2ccc(-c3ccc4cccc(C(=O)Nc5nc6ccccc6s5)c4c3)nc2C(=O)O)cnn1CC12CC3(C)CC(C)(C1)CC(OCCN(CCCO[C@@H]1O[C@H](C(=O)O)[C@@H](O)[C@H](O)[C@H]1O)C(=O)OCc1ccc(CCCCNC(=O)CCCCCN4C(=O)C=CC4=O)cc1O[C@@H]1O[C@H](C(=O)O)[C@@H](O)[C@H](O)[C@H]1O)(C3)C2. The standard InChI is InChI=1S/C80H92N8O23S/c1-44-52(49-23-24-53(83-60(49)70(99)100)47-22-21-46-14-11-15-50(51(46)34-47)69(98)85-75-84-54-16-6-7-17-56(54)112-75)35-82-88(44)43-79-38-77(2)37-78(3,39-79)41-80(40-77,42-79)108-32-30-86(28-12-31-106-73-65(96)61(92)63(94)67(110-73)71(101)102)76(105)107-36-48-20-19-45(33-55(48)109-74-66(97)62(93)64(95)68(111-74)72(103)104)13-8-9-27-81-57(89)18-5-4-10-29-87-58(90)25-26-59(87)91/h6-7,11,14-17,19-26,33-35,61-68,73-74,92-97H,4-5,8-10,12-13,18,27-32,36-43H2,1-3H3,(H,81,89)(H,99,100)(H,101,102)(H,103,104)(H,84,85,98)/t61-,62-,63-,64-,65+,66+,67-,68-,73+,74+,77?,78?,79?,80?/m0/s1. The largest absolute Gasteiger partial charge is 0.479 e. The fourth-order valence-electron chi connectivity index (χ4n) is 18.0. The highest BCUT2D eigenvalue weighted by atomic mass is 32.1. The van der Waals surface area contributed by atoms with Crippen LogP contribution in [0.4, 0.5) is 9.93 Å². The average molecular weight is 1570 g/mol. The number of anilines is 1. The van der Waals surface area contributed by atoms with E-state index >= 15 is 0 Å². The first-order valence-corrected chi connectivity index (χ1v) is 38.4. The molecular weight excluding hydrogens is 1470 g/mol. The number of aliphatic hydroxyl groups is 6. The molecule has 32 heteroatoms. The highest BCUT2D eigenvalue weighted by molar-refractivity contribution is 7.22. The quantitative estimate of drug-likeness (QED) is 0.0147. The maximum atomic E-state index is 14.7. The number of imide groups is 1. The van der Waals surface area contributed by atoms with Gasteiger partial charge in [0, 0.05) is 84.8 Å². The molecular formula is C80H92N8O23S. The first kappa shape index (κ1) is 80.3. The van der Waals surface area contributed by atoms with Gasteiger partial charge in [-0.1, -0.05) is 80.1 Å². The van der Waals surface area contributed by atoms with Crippen molar-refractivity contribution < 1.29 is 113 Å². The molecule has 4 aromatic carbocycles. The topological polar surface area (TPSA) is 448 Å². The molecule has 12 atom stereocenters. The Bertz CT molecular complexity index is 4690. The lowest BCUT2D eigenvalue weighted by Crippen LogP contribution is -2.64. The van der Waals surface area contributed by atoms with Crippen LogP contribution in [0.15, 0.2) is 109 Å². The average Bonchev–Trinajstić information content (AvgIpc) is 0.784. The summed E-state index contributed by atoms with van der Waals surface area (Å²) in [6.07, 6.45) is -7.70. The zero-order chi connectivity index (χ0) is 79.6. The number of carboxylic acids is 3. The number of carbonyl (C=O) groups is 8. The third kappa shape index (κ3) is 17.7. The van der Waals surface area contributed by atoms with Crippen molar-refractivity contribution in [3.63, 3.8) is 0 Å². The van der Waals surface area contributed by atoms with Crippen LogP contribution in [0, 0.1) is 23.2 Å². The van der Waals surface area contributed by atoms with E-state index in [2.05, 4.69) is 29.5 Å². The minimum absolute atomic E-state index is 0.00750. The van der Waals surface area contributed by atoms with Crippen molar-refractivity contribution in [2.45, 2.75) is 191 Å². The molecule has 7 aliphatic rings. The number of aromatic nitrogens is 4. The number of ether oxygens (including phenoxy) is 6. The summed E-state index contributed by atoms with van der Waals surface area (Å²) < 4.78 is 38.7. The van der Waals surface area contributed by atoms with Gasteiger partial charge in [0.25, 0.3) is 17.7 Å². The molecule has 11 N–H and O–H groups in total. The van der Waals surface area contributed by atoms with E-state index in [0.29, 0.717) is 115 Å². The molecule has 3 aliphatic heterocycles. The van der Waals surface area contributed by atoms with Crippen LogP contribution in [0.1, 0.15) is 135 Å². The van der Waals surface area contributed by atoms with Gasteiger partial charge in [0.05, 0.1) is 40.9 Å². The van der Waals surface area contributed by atoms with Crippen molar-refractivity contribution in [3.8, 4) is 28.1 Å². The number of carbonyl (C=O) groups excluding carboxylic acids is 5. The van der Waals surface area contributed by atoms with E-state index in [0.717, 1.165) is 45.5 Å². The smallest absolute Gasteiger partial charge is 0.410 e. The van der Waals surface area contributed by atoms with Crippen molar-refractivity contribution in [3.05, 3.63) is 137 Å². The van der Waals surface area contributed by atoms with Crippen molar-refractivity contribution in [2.24, 2.45) is 16.2 Å². The van der Waals surface area contributed by atoms with Gasteiger partial charge in [0.15, 0.2) is 29.3 Å². The van der Waals surface area contributed by atoms with Gasteiger partial charge >= 0.3 is 24.0 Å². The number of amides is 5. The second kappa shape index (κ2) is 33.5. The molecule has 2 saturated heterocycles. The molecule has 0 radical (unpaired) electrons. The highest BCUT2D eigenvalue weighted by Gasteiger charge is 2.66. The number of para-hydroxylation sites is 1. The molecule has 0 spiro atoms. The first-order chi connectivity index (χ1) is 53.5. The summed E-state index contributed by atoms with van der Waals surface area (Å²) in [4.78, 5) is 114. The molecule has 6 fully saturated rings. The van der Waals surface area contributed by atoms with Crippen LogP contribution in [0.2, 0.25) is 0 Å². The Kier molecular flexibility index (Phi) is 24.1. The summed E-state index contributed by atoms with van der Waals surface area (Å²) >= 11 is 1.37. The van der Waals surface area contributed by atoms with E-state index in [1.54, 1.807) is 48.7 Å². The lowest BCUT2D eigenvalue weighted by atomic mass is 9.39. The number of aryl methyl sites for hydroxylation is 1. The number of aliphatic carboxylic acids is 2. The molecule has 4 bridgehead atoms. The third-order valence-electron chi connectivity index (χ3n) is 22.2. The number of aromatic carboxylic acids is 1. The summed E-state index contributed by atoms with van der Waals surface area (Å²) in [7, 11) is 0. The minimum Gasteiger partial charge on any atom is -0.479 e. The van der Waals surface area contributed by atoms with Gasteiger partial charge in [-0.3, -0.25) is 34.1 Å². The number of nitrogens with zero attached hydrogens (tertiary/aromatic N) is 6. The van der Waals surface area contributed by atoms with E-state index in [4.69, 9.17) is 38.5 Å². The number of unbranched alkanes of at least 4 members (excludes halogenated alkanes) is 3. The van der Waals surface area contributed by atoms with Crippen LogP contribution in [0.3, 0.4) is 0 Å². The predicted octanol–water partition coefficient (Wildman–Crippen LogP) is 6.90. The van der Waals surface area contributed by atoms with Crippen LogP contribution in [-0.4, -0.2) is 230 Å². The maximum absolute atomic E-state index is 14.7. The molecule has 596 valence electrons. The number of benzene rings is 4. The number of fused-ring (bicyclic) bond motifs is 2. The molecule has 14 rings (SSSR count). The lowest BCUT2D eigenvalue weighted by Gasteiger charge is -2.69. The molecule has 4 saturated carbocycles. The van der Waals surface area contributed by atoms with Crippen molar-refractivity contribution in [1.29, 1.82) is 0 Å². The number of hydrogen-bond acceptors (Lipinski definition) is 24. The molecule has 7 aromatic rings. The van der Waals surface area contributed by atoms with Crippen LogP contribution >= 0.6 is 11.3 Å². The highest BCUT2D eigenvalue weighted by Crippen LogP contribution is 2.72. The first-order valence-electron chi connectivity index (χ1n) is 37.6.